The second-order valence-electron chi connectivity index (χ2n) is 14.5. The number of phenols is 1. The van der Waals surface area contributed by atoms with Crippen LogP contribution in [-0.2, 0) is 19.5 Å². The first-order valence-electron chi connectivity index (χ1n) is 18.6. The maximum Gasteiger partial charge on any atom is 0.412 e. The summed E-state index contributed by atoms with van der Waals surface area (Å²) in [5.74, 6) is 0.282. The number of anilines is 1. The van der Waals surface area contributed by atoms with Crippen LogP contribution in [0.2, 0.25) is 0 Å². The molecule has 2 aromatic heterocycles. The van der Waals surface area contributed by atoms with E-state index in [4.69, 9.17) is 0 Å². The third-order valence-corrected chi connectivity index (χ3v) is 11.2. The molecule has 54 heavy (non-hydrogen) atoms. The molecule has 9 rings (SSSR count). The van der Waals surface area contributed by atoms with E-state index in [0.717, 1.165) is 71.5 Å². The van der Waals surface area contributed by atoms with E-state index in [1.54, 1.807) is 21.6 Å². The van der Waals surface area contributed by atoms with Gasteiger partial charge in [-0.3, -0.25) is 14.3 Å². The third kappa shape index (κ3) is 7.03. The summed E-state index contributed by atoms with van der Waals surface area (Å²) < 4.78 is 1.74. The topological polar surface area (TPSA) is 167 Å². The minimum atomic E-state index is -0.927. The molecular formula is C42H44N6O6. The molecule has 6 aromatic rings. The van der Waals surface area contributed by atoms with Crippen molar-refractivity contribution in [2.45, 2.75) is 50.9 Å². The fourth-order valence-electron chi connectivity index (χ4n) is 8.44. The van der Waals surface area contributed by atoms with E-state index in [2.05, 4.69) is 26.3 Å². The van der Waals surface area contributed by atoms with Gasteiger partial charge in [-0.2, -0.15) is 0 Å². The van der Waals surface area contributed by atoms with Crippen LogP contribution in [0.15, 0.2) is 101 Å². The molecule has 0 spiro atoms. The SMILES string of the molecule is O=C(O)N(c1cc(CCCn2c(=O)[nH]c3cc(CNC[C@H](O)c4ccc(O)c5[nH]c(=O)ccc45)ccc32)ccc1-c1ccccc1)C1CN2CCC1CC2. The number of aryl methyl sites for hydroxylation is 2. The number of aliphatic hydroxyl groups excluding tert-OH is 1. The molecular weight excluding hydrogens is 684 g/mol. The highest BCUT2D eigenvalue weighted by molar-refractivity contribution is 5.94. The highest BCUT2D eigenvalue weighted by Gasteiger charge is 2.41. The predicted molar refractivity (Wildman–Crippen MR) is 209 cm³/mol. The molecule has 2 atom stereocenters. The number of aromatic nitrogens is 3. The van der Waals surface area contributed by atoms with Gasteiger partial charge < -0.3 is 35.5 Å². The lowest BCUT2D eigenvalue weighted by Crippen LogP contribution is -2.59. The zero-order valence-corrected chi connectivity index (χ0v) is 29.9. The molecule has 0 saturated carbocycles. The number of phenolic OH excluding ortho intramolecular Hbond substituents is 1. The number of imidazole rings is 1. The number of nitrogens with one attached hydrogen (secondary N) is 3. The van der Waals surface area contributed by atoms with Crippen LogP contribution in [-0.4, -0.2) is 73.1 Å². The predicted octanol–water partition coefficient (Wildman–Crippen LogP) is 5.58. The number of carboxylic acid groups (broad SMARTS) is 1. The first-order valence-corrected chi connectivity index (χ1v) is 18.6. The zero-order chi connectivity index (χ0) is 37.3. The van der Waals surface area contributed by atoms with Gasteiger partial charge in [-0.15, -0.1) is 0 Å². The van der Waals surface area contributed by atoms with Gasteiger partial charge in [0.05, 0.1) is 34.4 Å². The van der Waals surface area contributed by atoms with Gasteiger partial charge >= 0.3 is 11.8 Å². The van der Waals surface area contributed by atoms with E-state index in [-0.39, 0.29) is 35.1 Å². The molecule has 12 heteroatoms. The number of rotatable bonds is 12. The summed E-state index contributed by atoms with van der Waals surface area (Å²) in [5, 5.41) is 35.6. The lowest BCUT2D eigenvalue weighted by Gasteiger charge is -2.48. The van der Waals surface area contributed by atoms with Crippen molar-refractivity contribution in [3.8, 4) is 16.9 Å². The van der Waals surface area contributed by atoms with Gasteiger partial charge in [-0.1, -0.05) is 54.6 Å². The summed E-state index contributed by atoms with van der Waals surface area (Å²) in [6.07, 6.45) is 1.57. The number of fused-ring (bicyclic) bond motifs is 5. The van der Waals surface area contributed by atoms with Gasteiger partial charge in [0.25, 0.3) is 0 Å². The van der Waals surface area contributed by atoms with Crippen LogP contribution in [0.4, 0.5) is 10.5 Å². The standard InChI is InChI=1S/C42H44N6O6/c49-37-14-11-31(32-12-15-39(51)45-40(32)37)38(50)24-43-23-27-9-13-34-33(21-27)44-41(52)47(34)18-4-5-26-8-10-30(28-6-2-1-3-7-28)35(22-26)48(42(53)54)36-25-46-19-16-29(36)17-20-46/h1-3,6-15,21-22,29,36,38,43,49-50H,4-5,16-20,23-25H2,(H,44,52)(H,45,51)(H,53,54)/t36?,38-/m0/s1. The zero-order valence-electron chi connectivity index (χ0n) is 29.9. The number of nitrogens with zero attached hydrogens (tertiary/aromatic N) is 3. The average molecular weight is 729 g/mol. The number of pyridine rings is 1. The molecule has 0 radical (unpaired) electrons. The van der Waals surface area contributed by atoms with Crippen LogP contribution < -0.4 is 21.5 Å². The van der Waals surface area contributed by atoms with Crippen molar-refractivity contribution in [3.05, 3.63) is 129 Å². The van der Waals surface area contributed by atoms with Crippen molar-refractivity contribution in [1.29, 1.82) is 0 Å². The molecule has 6 N–H and O–H groups in total. The van der Waals surface area contributed by atoms with Crippen LogP contribution in [0.25, 0.3) is 33.1 Å². The molecule has 0 aliphatic carbocycles. The minimum Gasteiger partial charge on any atom is -0.506 e. The fraction of sp³-hybridized carbons (Fsp3) is 0.310. The smallest absolute Gasteiger partial charge is 0.412 e. The molecule has 3 aliphatic rings. The molecule has 5 heterocycles. The fourth-order valence-corrected chi connectivity index (χ4v) is 8.44. The maximum atomic E-state index is 13.1. The summed E-state index contributed by atoms with van der Waals surface area (Å²) in [5.41, 5.74) is 6.41. The Balaban J connectivity index is 0.949. The molecule has 2 bridgehead atoms. The number of aromatic amines is 2. The highest BCUT2D eigenvalue weighted by Crippen LogP contribution is 2.39. The van der Waals surface area contributed by atoms with Crippen LogP contribution >= 0.6 is 0 Å². The highest BCUT2D eigenvalue weighted by atomic mass is 16.4. The largest absolute Gasteiger partial charge is 0.506 e. The van der Waals surface area contributed by atoms with Gasteiger partial charge in [0, 0.05) is 43.2 Å². The molecule has 278 valence electrons. The minimum absolute atomic E-state index is 0.0607. The quantitative estimate of drug-likeness (QED) is 0.0951. The summed E-state index contributed by atoms with van der Waals surface area (Å²) in [6, 6.07) is 27.9. The van der Waals surface area contributed by atoms with E-state index in [9.17, 15) is 29.7 Å². The normalized spacial score (nSPS) is 18.6. The first kappa shape index (κ1) is 35.3. The van der Waals surface area contributed by atoms with Crippen LogP contribution in [0.5, 0.6) is 5.75 Å². The number of hydrogen-bond donors (Lipinski definition) is 6. The van der Waals surface area contributed by atoms with Crippen LogP contribution in [0, 0.1) is 5.92 Å². The van der Waals surface area contributed by atoms with Crippen molar-refractivity contribution in [2.24, 2.45) is 5.92 Å². The maximum absolute atomic E-state index is 13.1. The molecule has 3 saturated heterocycles. The van der Waals surface area contributed by atoms with Gasteiger partial charge in [-0.05, 0) is 97.3 Å². The first-order chi connectivity index (χ1) is 26.2. The van der Waals surface area contributed by atoms with Crippen molar-refractivity contribution in [3.63, 3.8) is 0 Å². The van der Waals surface area contributed by atoms with Gasteiger partial charge in [0.15, 0.2) is 0 Å². The van der Waals surface area contributed by atoms with Crippen molar-refractivity contribution in [2.75, 3.05) is 31.1 Å². The Bertz CT molecular complexity index is 2430. The average Bonchev–Trinajstić information content (AvgIpc) is 3.49. The second kappa shape index (κ2) is 15.0. The third-order valence-electron chi connectivity index (χ3n) is 11.2. The Morgan fingerprint density at radius 2 is 1.72 bits per heavy atom. The van der Waals surface area contributed by atoms with E-state index in [1.807, 2.05) is 60.7 Å². The van der Waals surface area contributed by atoms with E-state index < -0.39 is 12.2 Å². The number of hydrogen-bond acceptors (Lipinski definition) is 7. The second-order valence-corrected chi connectivity index (χ2v) is 14.5. The molecule has 3 fully saturated rings. The number of carbonyl (C=O) groups is 1. The number of benzene rings is 4. The summed E-state index contributed by atoms with van der Waals surface area (Å²) >= 11 is 0. The lowest BCUT2D eigenvalue weighted by molar-refractivity contribution is 0.0837. The molecule has 3 aliphatic heterocycles. The van der Waals surface area contributed by atoms with Crippen LogP contribution in [0.1, 0.15) is 42.1 Å². The molecule has 1 unspecified atom stereocenters. The Kier molecular flexibility index (Phi) is 9.80. The Morgan fingerprint density at radius 1 is 0.926 bits per heavy atom. The van der Waals surface area contributed by atoms with E-state index in [0.29, 0.717) is 42.8 Å². The summed E-state index contributed by atoms with van der Waals surface area (Å²) in [6.45, 7) is 3.97. The number of aliphatic hydroxyl groups is 1. The number of amides is 1. The van der Waals surface area contributed by atoms with Crippen molar-refractivity contribution >= 4 is 33.7 Å². The summed E-state index contributed by atoms with van der Waals surface area (Å²) in [7, 11) is 0. The Labute approximate surface area is 311 Å². The van der Waals surface area contributed by atoms with Gasteiger partial charge in [0.1, 0.15) is 5.75 Å². The number of aromatic hydroxyl groups is 1. The molecule has 4 aromatic carbocycles. The number of piperidine rings is 3. The van der Waals surface area contributed by atoms with Gasteiger partial charge in [0.2, 0.25) is 5.56 Å². The van der Waals surface area contributed by atoms with Crippen LogP contribution in [0.3, 0.4) is 0 Å². The molecule has 12 nitrogen and oxygen atoms in total. The Morgan fingerprint density at radius 3 is 2.48 bits per heavy atom. The van der Waals surface area contributed by atoms with E-state index >= 15 is 0 Å². The van der Waals surface area contributed by atoms with Crippen molar-refractivity contribution in [1.82, 2.24) is 24.8 Å². The lowest BCUT2D eigenvalue weighted by atomic mass is 9.82. The number of H-pyrrole nitrogens is 2. The monoisotopic (exact) mass is 728 g/mol. The Hall–Kier alpha value is -5.69. The van der Waals surface area contributed by atoms with E-state index in [1.165, 1.54) is 12.1 Å². The van der Waals surface area contributed by atoms with Crippen molar-refractivity contribution < 1.29 is 20.1 Å². The summed E-state index contributed by atoms with van der Waals surface area (Å²) in [4.78, 5) is 47.4. The van der Waals surface area contributed by atoms with Gasteiger partial charge in [-0.25, -0.2) is 9.59 Å². The molecule has 1 amide bonds.